The van der Waals surface area contributed by atoms with E-state index in [0.717, 1.165) is 18.5 Å². The van der Waals surface area contributed by atoms with Gasteiger partial charge in [0.2, 0.25) is 0 Å². The molecular formula is C10H21N3. The van der Waals surface area contributed by atoms with Crippen molar-refractivity contribution in [2.45, 2.75) is 25.3 Å². The lowest BCUT2D eigenvalue weighted by Gasteiger charge is -2.42. The fraction of sp³-hybridized carbons (Fsp3) is 1.00. The van der Waals surface area contributed by atoms with E-state index in [9.17, 15) is 0 Å². The van der Waals surface area contributed by atoms with Crippen LogP contribution in [0.15, 0.2) is 0 Å². The second-order valence-corrected chi connectivity index (χ2v) is 4.37. The normalized spacial score (nSPS) is 27.5. The number of hydrogen-bond acceptors (Lipinski definition) is 3. The molecule has 3 nitrogen and oxygen atoms in total. The average molecular weight is 183 g/mol. The van der Waals surface area contributed by atoms with Gasteiger partial charge in [0.05, 0.1) is 0 Å². The number of hydrogen-bond donors (Lipinski definition) is 2. The van der Waals surface area contributed by atoms with Crippen LogP contribution >= 0.6 is 0 Å². The summed E-state index contributed by atoms with van der Waals surface area (Å²) in [4.78, 5) is 2.64. The van der Waals surface area contributed by atoms with Crippen molar-refractivity contribution in [3.05, 3.63) is 0 Å². The van der Waals surface area contributed by atoms with Gasteiger partial charge in [-0.05, 0) is 44.8 Å². The number of likely N-dealkylation sites (tertiary alicyclic amines) is 1. The molecule has 0 spiro atoms. The van der Waals surface area contributed by atoms with Gasteiger partial charge >= 0.3 is 0 Å². The number of piperidine rings is 1. The summed E-state index contributed by atoms with van der Waals surface area (Å²) in [7, 11) is 0. The highest BCUT2D eigenvalue weighted by Gasteiger charge is 2.27. The molecule has 0 aromatic heterocycles. The van der Waals surface area contributed by atoms with Crippen molar-refractivity contribution < 1.29 is 0 Å². The van der Waals surface area contributed by atoms with E-state index in [2.05, 4.69) is 10.2 Å². The monoisotopic (exact) mass is 183 g/mol. The third kappa shape index (κ3) is 2.22. The Labute approximate surface area is 80.7 Å². The zero-order valence-corrected chi connectivity index (χ0v) is 8.34. The van der Waals surface area contributed by atoms with Gasteiger partial charge in [-0.2, -0.15) is 0 Å². The molecule has 2 fully saturated rings. The van der Waals surface area contributed by atoms with E-state index in [1.165, 1.54) is 45.4 Å². The number of rotatable bonds is 3. The van der Waals surface area contributed by atoms with Gasteiger partial charge in [0.25, 0.3) is 0 Å². The van der Waals surface area contributed by atoms with Crippen molar-refractivity contribution in [2.75, 3.05) is 32.7 Å². The summed E-state index contributed by atoms with van der Waals surface area (Å²) in [6.45, 7) is 5.90. The first-order valence-corrected chi connectivity index (χ1v) is 5.55. The van der Waals surface area contributed by atoms with Gasteiger partial charge in [-0.3, -0.25) is 4.90 Å². The van der Waals surface area contributed by atoms with Gasteiger partial charge in [0, 0.05) is 19.1 Å². The lowest BCUT2D eigenvalue weighted by atomic mass is 9.92. The Hall–Kier alpha value is -0.120. The maximum Gasteiger partial charge on any atom is 0.0345 e. The minimum absolute atomic E-state index is 0.846. The van der Waals surface area contributed by atoms with Crippen LogP contribution < -0.4 is 11.1 Å². The van der Waals surface area contributed by atoms with Crippen LogP contribution in [-0.2, 0) is 0 Å². The molecule has 0 atom stereocenters. The molecule has 0 aromatic carbocycles. The van der Waals surface area contributed by atoms with Crippen LogP contribution in [0.25, 0.3) is 0 Å². The Morgan fingerprint density at radius 3 is 2.38 bits per heavy atom. The maximum absolute atomic E-state index is 5.57. The third-order valence-electron chi connectivity index (χ3n) is 3.50. The number of nitrogens with one attached hydrogen (secondary N) is 1. The first-order valence-electron chi connectivity index (χ1n) is 5.55. The Kier molecular flexibility index (Phi) is 3.19. The minimum Gasteiger partial charge on any atom is -0.330 e. The van der Waals surface area contributed by atoms with Gasteiger partial charge in [-0.1, -0.05) is 0 Å². The van der Waals surface area contributed by atoms with Crippen molar-refractivity contribution in [1.82, 2.24) is 10.2 Å². The quantitative estimate of drug-likeness (QED) is 0.648. The van der Waals surface area contributed by atoms with Gasteiger partial charge < -0.3 is 11.1 Å². The summed E-state index contributed by atoms with van der Waals surface area (Å²) in [6.07, 6.45) is 3.97. The van der Waals surface area contributed by atoms with Crippen LogP contribution in [0.4, 0.5) is 0 Å². The molecule has 3 N–H and O–H groups in total. The predicted molar refractivity (Wildman–Crippen MR) is 54.6 cm³/mol. The first-order chi connectivity index (χ1) is 6.40. The Morgan fingerprint density at radius 1 is 1.23 bits per heavy atom. The second kappa shape index (κ2) is 4.40. The van der Waals surface area contributed by atoms with Crippen molar-refractivity contribution in [3.63, 3.8) is 0 Å². The molecule has 2 saturated heterocycles. The summed E-state index contributed by atoms with van der Waals surface area (Å²) in [5, 5.41) is 3.33. The fourth-order valence-electron chi connectivity index (χ4n) is 2.37. The highest BCUT2D eigenvalue weighted by molar-refractivity contribution is 4.87. The van der Waals surface area contributed by atoms with Gasteiger partial charge in [-0.15, -0.1) is 0 Å². The van der Waals surface area contributed by atoms with Crippen LogP contribution in [-0.4, -0.2) is 43.7 Å². The van der Waals surface area contributed by atoms with Crippen molar-refractivity contribution in [1.29, 1.82) is 0 Å². The zero-order chi connectivity index (χ0) is 9.10. The molecule has 0 aromatic rings. The Balaban J connectivity index is 1.69. The van der Waals surface area contributed by atoms with Crippen LogP contribution in [0.5, 0.6) is 0 Å². The molecule has 0 aliphatic carbocycles. The van der Waals surface area contributed by atoms with Gasteiger partial charge in [-0.25, -0.2) is 0 Å². The van der Waals surface area contributed by atoms with E-state index < -0.39 is 0 Å². The largest absolute Gasteiger partial charge is 0.330 e. The van der Waals surface area contributed by atoms with Crippen molar-refractivity contribution >= 4 is 0 Å². The molecule has 2 rings (SSSR count). The van der Waals surface area contributed by atoms with E-state index in [1.54, 1.807) is 0 Å². The fourth-order valence-corrected chi connectivity index (χ4v) is 2.37. The third-order valence-corrected chi connectivity index (χ3v) is 3.50. The smallest absolute Gasteiger partial charge is 0.0345 e. The lowest BCUT2D eigenvalue weighted by molar-refractivity contribution is 0.0971. The molecule has 13 heavy (non-hydrogen) atoms. The van der Waals surface area contributed by atoms with Crippen LogP contribution in [0, 0.1) is 5.92 Å². The summed E-state index contributed by atoms with van der Waals surface area (Å²) < 4.78 is 0. The summed E-state index contributed by atoms with van der Waals surface area (Å²) in [5.41, 5.74) is 5.57. The summed E-state index contributed by atoms with van der Waals surface area (Å²) in [5.74, 6) is 0.911. The highest BCUT2D eigenvalue weighted by atomic mass is 15.2. The van der Waals surface area contributed by atoms with E-state index >= 15 is 0 Å². The average Bonchev–Trinajstić information content (AvgIpc) is 2.06. The minimum atomic E-state index is 0.846. The topological polar surface area (TPSA) is 41.3 Å². The molecule has 2 aliphatic heterocycles. The lowest BCUT2D eigenvalue weighted by Crippen LogP contribution is -2.58. The number of nitrogens with two attached hydrogens (primary N) is 1. The number of nitrogens with zero attached hydrogens (tertiary/aromatic N) is 1. The first kappa shape index (κ1) is 9.44. The van der Waals surface area contributed by atoms with Gasteiger partial charge in [0.1, 0.15) is 0 Å². The van der Waals surface area contributed by atoms with Crippen molar-refractivity contribution in [2.24, 2.45) is 11.7 Å². The molecular weight excluding hydrogens is 162 g/mol. The van der Waals surface area contributed by atoms with E-state index in [1.807, 2.05) is 0 Å². The molecule has 2 heterocycles. The molecule has 0 unspecified atom stereocenters. The molecule has 76 valence electrons. The Morgan fingerprint density at radius 2 is 1.92 bits per heavy atom. The van der Waals surface area contributed by atoms with E-state index in [4.69, 9.17) is 5.73 Å². The predicted octanol–water partition coefficient (Wildman–Crippen LogP) is 0.0190. The molecule has 2 aliphatic rings. The summed E-state index contributed by atoms with van der Waals surface area (Å²) >= 11 is 0. The molecule has 3 heteroatoms. The van der Waals surface area contributed by atoms with Crippen LogP contribution in [0.1, 0.15) is 19.3 Å². The summed E-state index contributed by atoms with van der Waals surface area (Å²) in [6, 6.07) is 0.846. The van der Waals surface area contributed by atoms with Gasteiger partial charge in [0.15, 0.2) is 0 Å². The SMILES string of the molecule is NCCC1CCN(C2CNC2)CC1. The second-order valence-electron chi connectivity index (χ2n) is 4.37. The Bertz CT molecular complexity index is 148. The van der Waals surface area contributed by atoms with Crippen molar-refractivity contribution in [3.8, 4) is 0 Å². The standard InChI is InChI=1S/C10H21N3/c11-4-1-9-2-5-13(6-3-9)10-7-12-8-10/h9-10,12H,1-8,11H2. The molecule has 0 amide bonds. The molecule has 0 radical (unpaired) electrons. The molecule has 0 saturated carbocycles. The van der Waals surface area contributed by atoms with E-state index in [0.29, 0.717) is 0 Å². The van der Waals surface area contributed by atoms with Crippen LogP contribution in [0.2, 0.25) is 0 Å². The zero-order valence-electron chi connectivity index (χ0n) is 8.34. The van der Waals surface area contributed by atoms with Crippen LogP contribution in [0.3, 0.4) is 0 Å². The highest BCUT2D eigenvalue weighted by Crippen LogP contribution is 2.22. The molecule has 0 bridgehead atoms. The van der Waals surface area contributed by atoms with E-state index in [-0.39, 0.29) is 0 Å². The maximum atomic E-state index is 5.57.